The van der Waals surface area contributed by atoms with Crippen LogP contribution in [-0.2, 0) is 0 Å². The van der Waals surface area contributed by atoms with Crippen LogP contribution in [-0.4, -0.2) is 16.9 Å². The SMILES string of the molecule is O=C(Nc1cnc2ccccc2c1)c1ccccc1NC1CCCC1. The molecule has 4 nitrogen and oxygen atoms in total. The molecule has 1 fully saturated rings. The number of aromatic nitrogens is 1. The number of nitrogens with zero attached hydrogens (tertiary/aromatic N) is 1. The molecular formula is C21H21N3O. The number of nitrogens with one attached hydrogen (secondary N) is 2. The lowest BCUT2D eigenvalue weighted by atomic mass is 10.1. The number of rotatable bonds is 4. The zero-order valence-corrected chi connectivity index (χ0v) is 14.0. The maximum absolute atomic E-state index is 12.8. The summed E-state index contributed by atoms with van der Waals surface area (Å²) in [6.07, 6.45) is 6.56. The molecule has 2 N–H and O–H groups in total. The third-order valence-corrected chi connectivity index (χ3v) is 4.73. The van der Waals surface area contributed by atoms with E-state index in [-0.39, 0.29) is 5.91 Å². The van der Waals surface area contributed by atoms with Crippen LogP contribution < -0.4 is 10.6 Å². The monoisotopic (exact) mass is 331 g/mol. The van der Waals surface area contributed by atoms with Crippen LogP contribution in [0.5, 0.6) is 0 Å². The van der Waals surface area contributed by atoms with Crippen molar-refractivity contribution in [1.29, 1.82) is 0 Å². The Labute approximate surface area is 147 Å². The van der Waals surface area contributed by atoms with Crippen molar-refractivity contribution < 1.29 is 4.79 Å². The number of pyridine rings is 1. The first kappa shape index (κ1) is 15.6. The highest BCUT2D eigenvalue weighted by atomic mass is 16.1. The van der Waals surface area contributed by atoms with E-state index in [0.29, 0.717) is 17.3 Å². The van der Waals surface area contributed by atoms with Crippen LogP contribution in [0.4, 0.5) is 11.4 Å². The van der Waals surface area contributed by atoms with Gasteiger partial charge in [-0.25, -0.2) is 0 Å². The third-order valence-electron chi connectivity index (χ3n) is 4.73. The Kier molecular flexibility index (Phi) is 4.34. The van der Waals surface area contributed by atoms with Gasteiger partial charge in [0.1, 0.15) is 0 Å². The molecule has 3 aromatic rings. The van der Waals surface area contributed by atoms with Crippen LogP contribution in [0.1, 0.15) is 36.0 Å². The summed E-state index contributed by atoms with van der Waals surface area (Å²) < 4.78 is 0. The number of hydrogen-bond donors (Lipinski definition) is 2. The summed E-state index contributed by atoms with van der Waals surface area (Å²) in [4.78, 5) is 17.2. The van der Waals surface area contributed by atoms with Crippen molar-refractivity contribution in [2.75, 3.05) is 10.6 Å². The average Bonchev–Trinajstić information content (AvgIpc) is 3.15. The zero-order chi connectivity index (χ0) is 17.1. The van der Waals surface area contributed by atoms with Crippen LogP contribution >= 0.6 is 0 Å². The molecule has 1 aliphatic carbocycles. The van der Waals surface area contributed by atoms with Crippen molar-refractivity contribution in [1.82, 2.24) is 4.98 Å². The third kappa shape index (κ3) is 3.48. The molecule has 0 atom stereocenters. The molecule has 1 saturated carbocycles. The van der Waals surface area contributed by atoms with Crippen molar-refractivity contribution in [3.63, 3.8) is 0 Å². The van der Waals surface area contributed by atoms with E-state index in [1.807, 2.05) is 54.6 Å². The van der Waals surface area contributed by atoms with E-state index in [0.717, 1.165) is 16.6 Å². The first-order valence-corrected chi connectivity index (χ1v) is 8.81. The molecule has 4 rings (SSSR count). The standard InChI is InChI=1S/C21H21N3O/c25-21(24-17-13-15-7-1-5-11-19(15)22-14-17)18-10-4-6-12-20(18)23-16-8-2-3-9-16/h1,4-7,10-14,16,23H,2-3,8-9H2,(H,24,25). The van der Waals surface area contributed by atoms with Gasteiger partial charge < -0.3 is 10.6 Å². The lowest BCUT2D eigenvalue weighted by Crippen LogP contribution is -2.19. The molecule has 4 heteroatoms. The minimum Gasteiger partial charge on any atom is -0.382 e. The molecule has 1 amide bonds. The van der Waals surface area contributed by atoms with Gasteiger partial charge in [0, 0.05) is 17.1 Å². The molecule has 0 saturated heterocycles. The summed E-state index contributed by atoms with van der Waals surface area (Å²) in [6, 6.07) is 18.0. The van der Waals surface area contributed by atoms with Crippen LogP contribution in [0.15, 0.2) is 60.8 Å². The number of carbonyl (C=O) groups is 1. The van der Waals surface area contributed by atoms with Gasteiger partial charge >= 0.3 is 0 Å². The summed E-state index contributed by atoms with van der Waals surface area (Å²) in [5.41, 5.74) is 3.20. The number of amides is 1. The maximum Gasteiger partial charge on any atom is 0.257 e. The summed E-state index contributed by atoms with van der Waals surface area (Å²) >= 11 is 0. The molecule has 0 bridgehead atoms. The minimum atomic E-state index is -0.113. The fourth-order valence-corrected chi connectivity index (χ4v) is 3.43. The minimum absolute atomic E-state index is 0.113. The molecule has 1 heterocycles. The van der Waals surface area contributed by atoms with Gasteiger partial charge in [-0.3, -0.25) is 9.78 Å². The molecule has 25 heavy (non-hydrogen) atoms. The van der Waals surface area contributed by atoms with Crippen molar-refractivity contribution in [3.8, 4) is 0 Å². The largest absolute Gasteiger partial charge is 0.382 e. The highest BCUT2D eigenvalue weighted by Gasteiger charge is 2.18. The normalized spacial score (nSPS) is 14.6. The maximum atomic E-state index is 12.8. The van der Waals surface area contributed by atoms with Crippen molar-refractivity contribution >= 4 is 28.2 Å². The Hall–Kier alpha value is -2.88. The first-order valence-electron chi connectivity index (χ1n) is 8.81. The average molecular weight is 331 g/mol. The Morgan fingerprint density at radius 3 is 2.64 bits per heavy atom. The summed E-state index contributed by atoms with van der Waals surface area (Å²) in [6.45, 7) is 0. The summed E-state index contributed by atoms with van der Waals surface area (Å²) in [5.74, 6) is -0.113. The van der Waals surface area contributed by atoms with Crippen molar-refractivity contribution in [3.05, 3.63) is 66.4 Å². The molecule has 1 aliphatic rings. The van der Waals surface area contributed by atoms with Crippen molar-refractivity contribution in [2.45, 2.75) is 31.7 Å². The van der Waals surface area contributed by atoms with Gasteiger partial charge in [0.2, 0.25) is 0 Å². The highest BCUT2D eigenvalue weighted by molar-refractivity contribution is 6.08. The van der Waals surface area contributed by atoms with E-state index in [1.165, 1.54) is 25.7 Å². The van der Waals surface area contributed by atoms with Crippen LogP contribution in [0.2, 0.25) is 0 Å². The number of carbonyl (C=O) groups excluding carboxylic acids is 1. The van der Waals surface area contributed by atoms with Gasteiger partial charge in [0.15, 0.2) is 0 Å². The molecular weight excluding hydrogens is 310 g/mol. The highest BCUT2D eigenvalue weighted by Crippen LogP contribution is 2.25. The zero-order valence-electron chi connectivity index (χ0n) is 14.0. The Morgan fingerprint density at radius 2 is 1.76 bits per heavy atom. The van der Waals surface area contributed by atoms with E-state index in [1.54, 1.807) is 6.20 Å². The molecule has 2 aromatic carbocycles. The molecule has 126 valence electrons. The Morgan fingerprint density at radius 1 is 1.00 bits per heavy atom. The fourth-order valence-electron chi connectivity index (χ4n) is 3.43. The predicted molar refractivity (Wildman–Crippen MR) is 102 cm³/mol. The molecule has 0 spiro atoms. The number of hydrogen-bond acceptors (Lipinski definition) is 3. The van der Waals surface area contributed by atoms with E-state index in [2.05, 4.69) is 15.6 Å². The quantitative estimate of drug-likeness (QED) is 0.719. The Bertz CT molecular complexity index is 900. The summed E-state index contributed by atoms with van der Waals surface area (Å²) in [5, 5.41) is 7.52. The van der Waals surface area contributed by atoms with Gasteiger partial charge in [-0.1, -0.05) is 43.2 Å². The topological polar surface area (TPSA) is 54.0 Å². The van der Waals surface area contributed by atoms with Crippen LogP contribution in [0.3, 0.4) is 0 Å². The van der Waals surface area contributed by atoms with E-state index in [4.69, 9.17) is 0 Å². The van der Waals surface area contributed by atoms with Crippen molar-refractivity contribution in [2.24, 2.45) is 0 Å². The molecule has 0 unspecified atom stereocenters. The second-order valence-corrected chi connectivity index (χ2v) is 6.54. The second-order valence-electron chi connectivity index (χ2n) is 6.54. The molecule has 0 radical (unpaired) electrons. The van der Waals surface area contributed by atoms with Crippen LogP contribution in [0, 0.1) is 0 Å². The van der Waals surface area contributed by atoms with E-state index < -0.39 is 0 Å². The van der Waals surface area contributed by atoms with Gasteiger partial charge in [-0.05, 0) is 37.1 Å². The smallest absolute Gasteiger partial charge is 0.257 e. The number of para-hydroxylation sites is 2. The molecule has 1 aromatic heterocycles. The van der Waals surface area contributed by atoms with Gasteiger partial charge in [0.25, 0.3) is 5.91 Å². The number of benzene rings is 2. The fraction of sp³-hybridized carbons (Fsp3) is 0.238. The van der Waals surface area contributed by atoms with E-state index >= 15 is 0 Å². The second kappa shape index (κ2) is 6.93. The molecule has 0 aliphatic heterocycles. The number of fused-ring (bicyclic) bond motifs is 1. The lowest BCUT2D eigenvalue weighted by molar-refractivity contribution is 0.102. The van der Waals surface area contributed by atoms with Gasteiger partial charge in [0.05, 0.1) is 23.0 Å². The predicted octanol–water partition coefficient (Wildman–Crippen LogP) is 4.84. The van der Waals surface area contributed by atoms with Crippen LogP contribution in [0.25, 0.3) is 10.9 Å². The number of anilines is 2. The summed E-state index contributed by atoms with van der Waals surface area (Å²) in [7, 11) is 0. The van der Waals surface area contributed by atoms with E-state index in [9.17, 15) is 4.79 Å². The lowest BCUT2D eigenvalue weighted by Gasteiger charge is -2.17. The van der Waals surface area contributed by atoms with Gasteiger partial charge in [-0.15, -0.1) is 0 Å². The van der Waals surface area contributed by atoms with Gasteiger partial charge in [-0.2, -0.15) is 0 Å². The Balaban J connectivity index is 1.55. The first-order chi connectivity index (χ1) is 12.3.